The summed E-state index contributed by atoms with van der Waals surface area (Å²) < 4.78 is 0. The molecule has 0 saturated carbocycles. The highest BCUT2D eigenvalue weighted by Crippen LogP contribution is 2.33. The summed E-state index contributed by atoms with van der Waals surface area (Å²) in [5.41, 5.74) is 11.0. The van der Waals surface area contributed by atoms with E-state index in [4.69, 9.17) is 0 Å². The zero-order valence-corrected chi connectivity index (χ0v) is 14.6. The van der Waals surface area contributed by atoms with Crippen molar-refractivity contribution in [3.05, 3.63) is 45.0 Å². The first-order chi connectivity index (χ1) is 9.18. The molecule has 0 aromatic heterocycles. The maximum atomic E-state index is 2.27. The second-order valence-electron chi connectivity index (χ2n) is 6.17. The molecule has 0 saturated heterocycles. The molecule has 0 unspecified atom stereocenters. The van der Waals surface area contributed by atoms with Gasteiger partial charge in [-0.1, -0.05) is 23.3 Å². The zero-order valence-electron chi connectivity index (χ0n) is 14.6. The van der Waals surface area contributed by atoms with Crippen LogP contribution in [-0.4, -0.2) is 14.1 Å². The van der Waals surface area contributed by atoms with Crippen molar-refractivity contribution in [1.82, 2.24) is 0 Å². The van der Waals surface area contributed by atoms with E-state index in [0.717, 1.165) is 0 Å². The molecule has 1 heteroatoms. The Morgan fingerprint density at radius 2 is 1.25 bits per heavy atom. The van der Waals surface area contributed by atoms with Crippen molar-refractivity contribution in [1.29, 1.82) is 0 Å². The summed E-state index contributed by atoms with van der Waals surface area (Å²) in [4.78, 5) is 2.22. The van der Waals surface area contributed by atoms with Crippen LogP contribution < -0.4 is 4.90 Å². The van der Waals surface area contributed by atoms with E-state index in [1.54, 1.807) is 0 Å². The monoisotopic (exact) mass is 271 g/mol. The van der Waals surface area contributed by atoms with Gasteiger partial charge in [0.25, 0.3) is 0 Å². The first kappa shape index (κ1) is 16.6. The molecule has 0 bridgehead atoms. The number of benzene rings is 1. The Bertz CT molecular complexity index is 539. The molecule has 1 nitrogen and oxygen atoms in total. The van der Waals surface area contributed by atoms with E-state index in [2.05, 4.69) is 79.6 Å². The van der Waals surface area contributed by atoms with Crippen LogP contribution in [0.15, 0.2) is 17.2 Å². The molecule has 0 spiro atoms. The predicted molar refractivity (Wildman–Crippen MR) is 92.8 cm³/mol. The van der Waals surface area contributed by atoms with E-state index < -0.39 is 0 Å². The molecule has 1 aromatic carbocycles. The van der Waals surface area contributed by atoms with Crippen LogP contribution in [-0.2, 0) is 0 Å². The molecule has 0 aliphatic rings. The Hall–Kier alpha value is -1.50. The molecular formula is C19H29N. The summed E-state index contributed by atoms with van der Waals surface area (Å²) in [5.74, 6) is 0. The Balaban J connectivity index is 3.49. The van der Waals surface area contributed by atoms with Gasteiger partial charge in [0.1, 0.15) is 0 Å². The highest BCUT2D eigenvalue weighted by Gasteiger charge is 2.14. The quantitative estimate of drug-likeness (QED) is 0.669. The van der Waals surface area contributed by atoms with Gasteiger partial charge in [-0.05, 0) is 76.3 Å². The normalized spacial score (nSPS) is 11.1. The minimum Gasteiger partial charge on any atom is -0.377 e. The van der Waals surface area contributed by atoms with E-state index in [1.807, 2.05) is 0 Å². The van der Waals surface area contributed by atoms with Gasteiger partial charge in [-0.25, -0.2) is 0 Å². The highest BCUT2D eigenvalue weighted by atomic mass is 15.1. The van der Waals surface area contributed by atoms with Crippen LogP contribution in [0.4, 0.5) is 5.69 Å². The molecule has 0 fully saturated rings. The van der Waals surface area contributed by atoms with Crippen molar-refractivity contribution in [3.63, 3.8) is 0 Å². The third-order valence-corrected chi connectivity index (χ3v) is 4.38. The number of hydrogen-bond donors (Lipinski definition) is 0. The van der Waals surface area contributed by atoms with Crippen LogP contribution in [0, 0.1) is 27.7 Å². The Morgan fingerprint density at radius 1 is 0.800 bits per heavy atom. The molecule has 0 heterocycles. The van der Waals surface area contributed by atoms with Crippen molar-refractivity contribution in [2.24, 2.45) is 0 Å². The summed E-state index contributed by atoms with van der Waals surface area (Å²) in [5, 5.41) is 0. The second-order valence-corrected chi connectivity index (χ2v) is 6.17. The van der Waals surface area contributed by atoms with E-state index in [-0.39, 0.29) is 0 Å². The van der Waals surface area contributed by atoms with Crippen molar-refractivity contribution in [3.8, 4) is 0 Å². The van der Waals surface area contributed by atoms with Crippen molar-refractivity contribution >= 4 is 11.8 Å². The van der Waals surface area contributed by atoms with Gasteiger partial charge in [-0.15, -0.1) is 0 Å². The van der Waals surface area contributed by atoms with Gasteiger partial charge in [0.2, 0.25) is 0 Å². The lowest BCUT2D eigenvalue weighted by atomic mass is 9.91. The average molecular weight is 271 g/mol. The predicted octanol–water partition coefficient (Wildman–Crippen LogP) is 5.36. The summed E-state index contributed by atoms with van der Waals surface area (Å²) in [7, 11) is 4.24. The van der Waals surface area contributed by atoms with Gasteiger partial charge in [0, 0.05) is 19.8 Å². The van der Waals surface area contributed by atoms with Gasteiger partial charge in [0.15, 0.2) is 0 Å². The Labute approximate surface area is 125 Å². The molecule has 1 rings (SSSR count). The molecular weight excluding hydrogens is 242 g/mol. The molecule has 0 aliphatic carbocycles. The lowest BCUT2D eigenvalue weighted by Crippen LogP contribution is -2.14. The van der Waals surface area contributed by atoms with Crippen LogP contribution >= 0.6 is 0 Å². The summed E-state index contributed by atoms with van der Waals surface area (Å²) in [6.45, 7) is 15.4. The van der Waals surface area contributed by atoms with E-state index in [9.17, 15) is 0 Å². The van der Waals surface area contributed by atoms with E-state index >= 15 is 0 Å². The van der Waals surface area contributed by atoms with Crippen molar-refractivity contribution < 1.29 is 0 Å². The Kier molecular flexibility index (Phi) is 5.21. The summed E-state index contributed by atoms with van der Waals surface area (Å²) in [6, 6.07) is 0. The molecule has 0 N–H and O–H groups in total. The maximum Gasteiger partial charge on any atom is 0.0426 e. The SMILES string of the molecule is CC(C)=C(C)/C=C/c1c(C)c(C)c(N(C)C)c(C)c1C. The fourth-order valence-electron chi connectivity index (χ4n) is 2.62. The number of anilines is 1. The van der Waals surface area contributed by atoms with Crippen LogP contribution in [0.2, 0.25) is 0 Å². The molecule has 0 aliphatic heterocycles. The van der Waals surface area contributed by atoms with Gasteiger partial charge < -0.3 is 4.90 Å². The topological polar surface area (TPSA) is 3.24 Å². The number of rotatable bonds is 3. The zero-order chi connectivity index (χ0) is 15.6. The molecule has 0 radical (unpaired) electrons. The third kappa shape index (κ3) is 3.15. The van der Waals surface area contributed by atoms with E-state index in [1.165, 1.54) is 44.7 Å². The highest BCUT2D eigenvalue weighted by molar-refractivity contribution is 5.72. The smallest absolute Gasteiger partial charge is 0.0426 e. The van der Waals surface area contributed by atoms with Crippen molar-refractivity contribution in [2.45, 2.75) is 48.5 Å². The van der Waals surface area contributed by atoms with Crippen LogP contribution in [0.25, 0.3) is 6.08 Å². The van der Waals surface area contributed by atoms with Crippen LogP contribution in [0.3, 0.4) is 0 Å². The van der Waals surface area contributed by atoms with Gasteiger partial charge in [-0.2, -0.15) is 0 Å². The molecule has 20 heavy (non-hydrogen) atoms. The average Bonchev–Trinajstić information content (AvgIpc) is 2.35. The lowest BCUT2D eigenvalue weighted by Gasteiger charge is -2.24. The summed E-state index contributed by atoms with van der Waals surface area (Å²) in [6.07, 6.45) is 4.51. The van der Waals surface area contributed by atoms with Crippen molar-refractivity contribution in [2.75, 3.05) is 19.0 Å². The van der Waals surface area contributed by atoms with Gasteiger partial charge >= 0.3 is 0 Å². The molecule has 0 amide bonds. The molecule has 1 aromatic rings. The van der Waals surface area contributed by atoms with Crippen LogP contribution in [0.1, 0.15) is 48.6 Å². The largest absolute Gasteiger partial charge is 0.377 e. The number of nitrogens with zero attached hydrogens (tertiary/aromatic N) is 1. The summed E-state index contributed by atoms with van der Waals surface area (Å²) >= 11 is 0. The second kappa shape index (κ2) is 6.30. The lowest BCUT2D eigenvalue weighted by molar-refractivity contribution is 1.07. The fraction of sp³-hybridized carbons (Fsp3) is 0.474. The Morgan fingerprint density at radius 3 is 1.60 bits per heavy atom. The first-order valence-electron chi connectivity index (χ1n) is 7.28. The molecule has 110 valence electrons. The third-order valence-electron chi connectivity index (χ3n) is 4.38. The number of allylic oxidation sites excluding steroid dienone is 3. The fourth-order valence-corrected chi connectivity index (χ4v) is 2.62. The minimum absolute atomic E-state index is 1.34. The first-order valence-corrected chi connectivity index (χ1v) is 7.28. The van der Waals surface area contributed by atoms with Gasteiger partial charge in [0.05, 0.1) is 0 Å². The minimum atomic E-state index is 1.34. The van der Waals surface area contributed by atoms with Gasteiger partial charge in [-0.3, -0.25) is 0 Å². The van der Waals surface area contributed by atoms with E-state index in [0.29, 0.717) is 0 Å². The van der Waals surface area contributed by atoms with Crippen LogP contribution in [0.5, 0.6) is 0 Å². The number of hydrogen-bond acceptors (Lipinski definition) is 1. The maximum absolute atomic E-state index is 2.27. The molecule has 0 atom stereocenters. The standard InChI is InChI=1S/C19H29N/c1-12(2)13(3)10-11-18-14(4)16(6)19(20(8)9)17(7)15(18)5/h10-11H,1-9H3/b11-10+.